The SMILES string of the molecule is CNCC1CCCCN1CCOc1ccc(OC)cc1. The molecule has 1 fully saturated rings. The van der Waals surface area contributed by atoms with Crippen LogP contribution in [0.25, 0.3) is 0 Å². The van der Waals surface area contributed by atoms with E-state index >= 15 is 0 Å². The smallest absolute Gasteiger partial charge is 0.119 e. The number of nitrogens with zero attached hydrogens (tertiary/aromatic N) is 1. The average molecular weight is 278 g/mol. The zero-order valence-corrected chi connectivity index (χ0v) is 12.6. The molecule has 0 amide bonds. The minimum Gasteiger partial charge on any atom is -0.497 e. The van der Waals surface area contributed by atoms with Crippen molar-refractivity contribution in [3.8, 4) is 11.5 Å². The van der Waals surface area contributed by atoms with Gasteiger partial charge in [0.05, 0.1) is 7.11 Å². The molecule has 0 saturated carbocycles. The van der Waals surface area contributed by atoms with Gasteiger partial charge in [0.25, 0.3) is 0 Å². The van der Waals surface area contributed by atoms with Crippen LogP contribution in [-0.4, -0.2) is 51.3 Å². The maximum absolute atomic E-state index is 5.82. The van der Waals surface area contributed by atoms with Crippen molar-refractivity contribution >= 4 is 0 Å². The Labute approximate surface area is 122 Å². The van der Waals surface area contributed by atoms with E-state index in [0.29, 0.717) is 6.04 Å². The molecule has 1 aliphatic rings. The summed E-state index contributed by atoms with van der Waals surface area (Å²) >= 11 is 0. The second-order valence-electron chi connectivity index (χ2n) is 5.27. The van der Waals surface area contributed by atoms with Gasteiger partial charge >= 0.3 is 0 Å². The Morgan fingerprint density at radius 1 is 1.20 bits per heavy atom. The number of hydrogen-bond acceptors (Lipinski definition) is 4. The molecule has 1 saturated heterocycles. The van der Waals surface area contributed by atoms with E-state index in [2.05, 4.69) is 10.2 Å². The number of methoxy groups -OCH3 is 1. The predicted octanol–water partition coefficient (Wildman–Crippen LogP) is 2.15. The number of hydrogen-bond donors (Lipinski definition) is 1. The van der Waals surface area contributed by atoms with Gasteiger partial charge in [-0.05, 0) is 50.7 Å². The van der Waals surface area contributed by atoms with E-state index in [-0.39, 0.29) is 0 Å². The number of nitrogens with one attached hydrogen (secondary N) is 1. The van der Waals surface area contributed by atoms with Crippen LogP contribution in [0.4, 0.5) is 0 Å². The normalized spacial score (nSPS) is 19.8. The van der Waals surface area contributed by atoms with Crippen LogP contribution in [0.1, 0.15) is 19.3 Å². The molecule has 0 bridgehead atoms. The van der Waals surface area contributed by atoms with Crippen molar-refractivity contribution in [2.24, 2.45) is 0 Å². The highest BCUT2D eigenvalue weighted by Crippen LogP contribution is 2.18. The summed E-state index contributed by atoms with van der Waals surface area (Å²) in [5.74, 6) is 1.77. The molecule has 1 N–H and O–H groups in total. The molecule has 2 rings (SSSR count). The Kier molecular flexibility index (Phi) is 6.15. The van der Waals surface area contributed by atoms with Crippen LogP contribution >= 0.6 is 0 Å². The molecular formula is C16H26N2O2. The highest BCUT2D eigenvalue weighted by Gasteiger charge is 2.21. The third-order valence-electron chi connectivity index (χ3n) is 3.90. The van der Waals surface area contributed by atoms with Crippen molar-refractivity contribution in [2.75, 3.05) is 40.4 Å². The Hall–Kier alpha value is -1.26. The summed E-state index contributed by atoms with van der Waals surface area (Å²) in [4.78, 5) is 2.55. The van der Waals surface area contributed by atoms with Crippen LogP contribution < -0.4 is 14.8 Å². The molecule has 1 aliphatic heterocycles. The quantitative estimate of drug-likeness (QED) is 0.828. The summed E-state index contributed by atoms with van der Waals surface area (Å²) in [5.41, 5.74) is 0. The summed E-state index contributed by atoms with van der Waals surface area (Å²) in [6.45, 7) is 4.01. The Morgan fingerprint density at radius 2 is 1.95 bits per heavy atom. The minimum absolute atomic E-state index is 0.660. The second-order valence-corrected chi connectivity index (χ2v) is 5.27. The van der Waals surface area contributed by atoms with E-state index in [4.69, 9.17) is 9.47 Å². The van der Waals surface area contributed by atoms with E-state index < -0.39 is 0 Å². The summed E-state index contributed by atoms with van der Waals surface area (Å²) in [7, 11) is 3.70. The molecule has 1 heterocycles. The van der Waals surface area contributed by atoms with Crippen molar-refractivity contribution in [3.63, 3.8) is 0 Å². The van der Waals surface area contributed by atoms with Crippen LogP contribution in [0.5, 0.6) is 11.5 Å². The van der Waals surface area contributed by atoms with E-state index in [1.165, 1.54) is 25.8 Å². The molecule has 0 aromatic heterocycles. The maximum atomic E-state index is 5.82. The van der Waals surface area contributed by atoms with Crippen molar-refractivity contribution < 1.29 is 9.47 Å². The number of piperidine rings is 1. The number of rotatable bonds is 7. The zero-order valence-electron chi connectivity index (χ0n) is 12.6. The monoisotopic (exact) mass is 278 g/mol. The van der Waals surface area contributed by atoms with E-state index in [1.807, 2.05) is 31.3 Å². The summed E-state index contributed by atoms with van der Waals surface area (Å²) in [5, 5.41) is 3.29. The fourth-order valence-corrected chi connectivity index (χ4v) is 2.77. The van der Waals surface area contributed by atoms with E-state index in [0.717, 1.165) is 31.2 Å². The topological polar surface area (TPSA) is 33.7 Å². The molecule has 4 nitrogen and oxygen atoms in total. The first-order valence-electron chi connectivity index (χ1n) is 7.49. The van der Waals surface area contributed by atoms with Gasteiger partial charge in [-0.1, -0.05) is 6.42 Å². The number of likely N-dealkylation sites (N-methyl/N-ethyl adjacent to an activating group) is 1. The van der Waals surface area contributed by atoms with Gasteiger partial charge in [0, 0.05) is 19.1 Å². The molecule has 1 aromatic carbocycles. The lowest BCUT2D eigenvalue weighted by molar-refractivity contribution is 0.123. The van der Waals surface area contributed by atoms with Gasteiger partial charge in [0.15, 0.2) is 0 Å². The lowest BCUT2D eigenvalue weighted by Crippen LogP contribution is -2.46. The summed E-state index contributed by atoms with van der Waals surface area (Å²) in [6.07, 6.45) is 3.95. The maximum Gasteiger partial charge on any atom is 0.119 e. The fraction of sp³-hybridized carbons (Fsp3) is 0.625. The van der Waals surface area contributed by atoms with Gasteiger partial charge in [-0.2, -0.15) is 0 Å². The first kappa shape index (κ1) is 15.1. The van der Waals surface area contributed by atoms with Crippen LogP contribution in [0.3, 0.4) is 0 Å². The molecule has 1 unspecified atom stereocenters. The van der Waals surface area contributed by atoms with Gasteiger partial charge in [-0.3, -0.25) is 4.90 Å². The largest absolute Gasteiger partial charge is 0.497 e. The highest BCUT2D eigenvalue weighted by atomic mass is 16.5. The first-order valence-corrected chi connectivity index (χ1v) is 7.49. The Balaban J connectivity index is 1.75. The molecule has 20 heavy (non-hydrogen) atoms. The van der Waals surface area contributed by atoms with Crippen molar-refractivity contribution in [2.45, 2.75) is 25.3 Å². The first-order chi connectivity index (χ1) is 9.83. The lowest BCUT2D eigenvalue weighted by Gasteiger charge is -2.35. The van der Waals surface area contributed by atoms with Gasteiger partial charge in [-0.25, -0.2) is 0 Å². The van der Waals surface area contributed by atoms with Crippen LogP contribution in [0.2, 0.25) is 0 Å². The second kappa shape index (κ2) is 8.12. The predicted molar refractivity (Wildman–Crippen MR) is 81.6 cm³/mol. The summed E-state index contributed by atoms with van der Waals surface area (Å²) in [6, 6.07) is 8.44. The minimum atomic E-state index is 0.660. The molecule has 4 heteroatoms. The van der Waals surface area contributed by atoms with Crippen LogP contribution in [0.15, 0.2) is 24.3 Å². The van der Waals surface area contributed by atoms with E-state index in [1.54, 1.807) is 7.11 Å². The molecule has 0 radical (unpaired) electrons. The third kappa shape index (κ3) is 4.39. The standard InChI is InChI=1S/C16H26N2O2/c1-17-13-14-5-3-4-10-18(14)11-12-20-16-8-6-15(19-2)7-9-16/h6-9,14,17H,3-5,10-13H2,1-2H3. The van der Waals surface area contributed by atoms with Gasteiger partial charge in [-0.15, -0.1) is 0 Å². The number of benzene rings is 1. The number of ether oxygens (including phenoxy) is 2. The lowest BCUT2D eigenvalue weighted by atomic mass is 10.0. The van der Waals surface area contributed by atoms with Gasteiger partial charge in [0.2, 0.25) is 0 Å². The van der Waals surface area contributed by atoms with Gasteiger partial charge in [0.1, 0.15) is 18.1 Å². The highest BCUT2D eigenvalue weighted by molar-refractivity contribution is 5.31. The van der Waals surface area contributed by atoms with Crippen molar-refractivity contribution in [1.82, 2.24) is 10.2 Å². The Morgan fingerprint density at radius 3 is 2.65 bits per heavy atom. The molecule has 112 valence electrons. The van der Waals surface area contributed by atoms with Crippen LogP contribution in [-0.2, 0) is 0 Å². The molecule has 0 spiro atoms. The van der Waals surface area contributed by atoms with E-state index in [9.17, 15) is 0 Å². The molecule has 0 aliphatic carbocycles. The zero-order chi connectivity index (χ0) is 14.2. The van der Waals surface area contributed by atoms with Crippen molar-refractivity contribution in [1.29, 1.82) is 0 Å². The summed E-state index contributed by atoms with van der Waals surface area (Å²) < 4.78 is 11.0. The van der Waals surface area contributed by atoms with Gasteiger partial charge < -0.3 is 14.8 Å². The van der Waals surface area contributed by atoms with Crippen LogP contribution in [0, 0.1) is 0 Å². The van der Waals surface area contributed by atoms with Crippen molar-refractivity contribution in [3.05, 3.63) is 24.3 Å². The molecule has 1 atom stereocenters. The number of likely N-dealkylation sites (tertiary alicyclic amines) is 1. The third-order valence-corrected chi connectivity index (χ3v) is 3.90. The Bertz CT molecular complexity index is 379. The fourth-order valence-electron chi connectivity index (χ4n) is 2.77. The average Bonchev–Trinajstić information content (AvgIpc) is 2.50. The molecule has 1 aromatic rings. The molecular weight excluding hydrogens is 252 g/mol.